The highest BCUT2D eigenvalue weighted by Gasteiger charge is 2.31. The van der Waals surface area contributed by atoms with E-state index in [1.807, 2.05) is 39.9 Å². The molecule has 1 aromatic rings. The second-order valence-corrected chi connectivity index (χ2v) is 6.41. The third-order valence-corrected chi connectivity index (χ3v) is 4.47. The van der Waals surface area contributed by atoms with E-state index < -0.39 is 0 Å². The fraction of sp³-hybridized carbons (Fsp3) is 0.529. The summed E-state index contributed by atoms with van der Waals surface area (Å²) in [7, 11) is 1.83. The Labute approximate surface area is 141 Å². The van der Waals surface area contributed by atoms with E-state index in [1.54, 1.807) is 0 Å². The lowest BCUT2D eigenvalue weighted by Crippen LogP contribution is -2.53. The van der Waals surface area contributed by atoms with Gasteiger partial charge >= 0.3 is 6.03 Å². The van der Waals surface area contributed by atoms with Crippen molar-refractivity contribution in [3.8, 4) is 0 Å². The van der Waals surface area contributed by atoms with Gasteiger partial charge in [-0.25, -0.2) is 4.79 Å². The zero-order valence-corrected chi connectivity index (χ0v) is 14.0. The van der Waals surface area contributed by atoms with Gasteiger partial charge < -0.3 is 15.4 Å². The molecule has 2 aliphatic rings. The Hall–Kier alpha value is -2.12. The summed E-state index contributed by atoms with van der Waals surface area (Å²) in [5, 5.41) is 0. The van der Waals surface area contributed by atoms with Crippen LogP contribution in [-0.4, -0.2) is 74.2 Å². The molecule has 2 heterocycles. The van der Waals surface area contributed by atoms with Crippen LogP contribution in [0.2, 0.25) is 0 Å². The summed E-state index contributed by atoms with van der Waals surface area (Å²) >= 11 is 0. The summed E-state index contributed by atoms with van der Waals surface area (Å²) in [5.41, 5.74) is 7.44. The van der Waals surface area contributed by atoms with E-state index in [1.165, 1.54) is 5.56 Å². The summed E-state index contributed by atoms with van der Waals surface area (Å²) in [6.07, 6.45) is 0.793. The Balaban J connectivity index is 1.61. The number of urea groups is 1. The molecule has 0 radical (unpaired) electrons. The number of likely N-dealkylation sites (N-methyl/N-ethyl adjacent to an activating group) is 1. The molecule has 1 saturated heterocycles. The zero-order chi connectivity index (χ0) is 17.1. The quantitative estimate of drug-likeness (QED) is 0.859. The third-order valence-electron chi connectivity index (χ3n) is 4.47. The van der Waals surface area contributed by atoms with Gasteiger partial charge in [0.25, 0.3) is 0 Å². The fourth-order valence-electron chi connectivity index (χ4n) is 3.39. The van der Waals surface area contributed by atoms with Gasteiger partial charge in [0.05, 0.1) is 19.3 Å². The Morgan fingerprint density at radius 1 is 1.33 bits per heavy atom. The highest BCUT2D eigenvalue weighted by molar-refractivity contribution is 5.94. The van der Waals surface area contributed by atoms with Gasteiger partial charge in [0.1, 0.15) is 0 Å². The van der Waals surface area contributed by atoms with Crippen molar-refractivity contribution in [3.63, 3.8) is 0 Å². The molecule has 2 N–H and O–H groups in total. The Kier molecular flexibility index (Phi) is 5.01. The van der Waals surface area contributed by atoms with E-state index in [-0.39, 0.29) is 24.6 Å². The molecule has 0 spiro atoms. The topological polar surface area (TPSA) is 79.1 Å². The molecule has 1 aromatic carbocycles. The SMILES string of the molecule is CN(CC(N)=O)CC1CN(C(=O)N2CCc3ccccc32)CCO1. The molecule has 7 nitrogen and oxygen atoms in total. The number of primary amides is 1. The minimum Gasteiger partial charge on any atom is -0.373 e. The molecule has 0 aromatic heterocycles. The van der Waals surface area contributed by atoms with Crippen molar-refractivity contribution in [2.45, 2.75) is 12.5 Å². The van der Waals surface area contributed by atoms with Crippen molar-refractivity contribution in [1.82, 2.24) is 9.80 Å². The first-order valence-electron chi connectivity index (χ1n) is 8.27. The largest absolute Gasteiger partial charge is 0.373 e. The molecule has 2 aliphatic heterocycles. The average Bonchev–Trinajstić information content (AvgIpc) is 2.97. The molecule has 1 unspecified atom stereocenters. The highest BCUT2D eigenvalue weighted by Crippen LogP contribution is 2.28. The lowest BCUT2D eigenvalue weighted by Gasteiger charge is -2.36. The molecule has 24 heavy (non-hydrogen) atoms. The van der Waals surface area contributed by atoms with Crippen molar-refractivity contribution >= 4 is 17.6 Å². The van der Waals surface area contributed by atoms with Gasteiger partial charge in [-0.05, 0) is 25.1 Å². The molecule has 0 aliphatic carbocycles. The van der Waals surface area contributed by atoms with Gasteiger partial charge in [-0.15, -0.1) is 0 Å². The number of rotatable bonds is 4. The fourth-order valence-corrected chi connectivity index (χ4v) is 3.39. The maximum absolute atomic E-state index is 12.9. The number of carbonyl (C=O) groups excluding carboxylic acids is 2. The number of benzene rings is 1. The normalized spacial score (nSPS) is 20.3. The van der Waals surface area contributed by atoms with Crippen LogP contribution in [-0.2, 0) is 16.0 Å². The Bertz CT molecular complexity index is 622. The van der Waals surface area contributed by atoms with Crippen molar-refractivity contribution in [2.24, 2.45) is 5.73 Å². The zero-order valence-electron chi connectivity index (χ0n) is 14.0. The molecule has 130 valence electrons. The van der Waals surface area contributed by atoms with Crippen LogP contribution < -0.4 is 10.6 Å². The molecule has 1 fully saturated rings. The Morgan fingerprint density at radius 3 is 2.92 bits per heavy atom. The minimum absolute atomic E-state index is 0.0332. The summed E-state index contributed by atoms with van der Waals surface area (Å²) in [6, 6.07) is 8.07. The predicted octanol–water partition coefficient (Wildman–Crippen LogP) is 0.287. The number of amides is 3. The van der Waals surface area contributed by atoms with Crippen molar-refractivity contribution < 1.29 is 14.3 Å². The highest BCUT2D eigenvalue weighted by atomic mass is 16.5. The van der Waals surface area contributed by atoms with Crippen molar-refractivity contribution in [3.05, 3.63) is 29.8 Å². The number of para-hydroxylation sites is 1. The number of fused-ring (bicyclic) bond motifs is 1. The van der Waals surface area contributed by atoms with Gasteiger partial charge in [0.15, 0.2) is 0 Å². The second kappa shape index (κ2) is 7.19. The number of morpholine rings is 1. The van der Waals surface area contributed by atoms with Gasteiger partial charge in [-0.2, -0.15) is 0 Å². The van der Waals surface area contributed by atoms with Crippen LogP contribution in [0.5, 0.6) is 0 Å². The van der Waals surface area contributed by atoms with E-state index >= 15 is 0 Å². The van der Waals surface area contributed by atoms with Crippen molar-refractivity contribution in [2.75, 3.05) is 51.3 Å². The molecule has 3 rings (SSSR count). The van der Waals surface area contributed by atoms with Gasteiger partial charge in [-0.1, -0.05) is 18.2 Å². The number of carbonyl (C=O) groups is 2. The smallest absolute Gasteiger partial charge is 0.324 e. The summed E-state index contributed by atoms with van der Waals surface area (Å²) in [6.45, 7) is 3.11. The van der Waals surface area contributed by atoms with Crippen molar-refractivity contribution in [1.29, 1.82) is 0 Å². The van der Waals surface area contributed by atoms with Crippen LogP contribution in [0.1, 0.15) is 5.56 Å². The molecule has 0 saturated carbocycles. The van der Waals surface area contributed by atoms with Crippen LogP contribution in [0, 0.1) is 0 Å². The molecule has 3 amide bonds. The van der Waals surface area contributed by atoms with E-state index in [0.717, 1.165) is 18.7 Å². The number of nitrogens with zero attached hydrogens (tertiary/aromatic N) is 3. The third kappa shape index (κ3) is 3.68. The van der Waals surface area contributed by atoms with Crippen LogP contribution in [0.25, 0.3) is 0 Å². The minimum atomic E-state index is -0.366. The summed E-state index contributed by atoms with van der Waals surface area (Å²) < 4.78 is 5.74. The molecular formula is C17H24N4O3. The van der Waals surface area contributed by atoms with Gasteiger partial charge in [0, 0.05) is 31.9 Å². The van der Waals surface area contributed by atoms with E-state index in [9.17, 15) is 9.59 Å². The van der Waals surface area contributed by atoms with Crippen LogP contribution in [0.4, 0.5) is 10.5 Å². The average molecular weight is 332 g/mol. The lowest BCUT2D eigenvalue weighted by molar-refractivity contribution is -0.119. The Morgan fingerprint density at radius 2 is 2.12 bits per heavy atom. The van der Waals surface area contributed by atoms with Crippen LogP contribution in [0.3, 0.4) is 0 Å². The summed E-state index contributed by atoms with van der Waals surface area (Å²) in [5.74, 6) is -0.366. The predicted molar refractivity (Wildman–Crippen MR) is 90.9 cm³/mol. The number of hydrogen-bond donors (Lipinski definition) is 1. The van der Waals surface area contributed by atoms with E-state index in [4.69, 9.17) is 10.5 Å². The number of nitrogens with two attached hydrogens (primary N) is 1. The summed E-state index contributed by atoms with van der Waals surface area (Å²) in [4.78, 5) is 29.4. The standard InChI is InChI=1S/C17H24N4O3/c1-19(12-16(18)22)10-14-11-20(8-9-24-14)17(23)21-7-6-13-4-2-3-5-15(13)21/h2-5,14H,6-12H2,1H3,(H2,18,22). The van der Waals surface area contributed by atoms with E-state index in [0.29, 0.717) is 26.2 Å². The van der Waals surface area contributed by atoms with Gasteiger partial charge in [0.2, 0.25) is 5.91 Å². The second-order valence-electron chi connectivity index (χ2n) is 6.41. The number of anilines is 1. The lowest BCUT2D eigenvalue weighted by atomic mass is 10.2. The first-order chi connectivity index (χ1) is 11.5. The molecule has 0 bridgehead atoms. The van der Waals surface area contributed by atoms with Gasteiger partial charge in [-0.3, -0.25) is 14.6 Å². The molecule has 7 heteroatoms. The number of ether oxygens (including phenoxy) is 1. The first kappa shape index (κ1) is 16.7. The first-order valence-corrected chi connectivity index (χ1v) is 8.27. The number of hydrogen-bond acceptors (Lipinski definition) is 4. The monoisotopic (exact) mass is 332 g/mol. The van der Waals surface area contributed by atoms with Crippen LogP contribution >= 0.6 is 0 Å². The molecular weight excluding hydrogens is 308 g/mol. The molecule has 1 atom stereocenters. The van der Waals surface area contributed by atoms with Crippen LogP contribution in [0.15, 0.2) is 24.3 Å². The maximum Gasteiger partial charge on any atom is 0.324 e. The maximum atomic E-state index is 12.9. The van der Waals surface area contributed by atoms with E-state index in [2.05, 4.69) is 6.07 Å².